The highest BCUT2D eigenvalue weighted by Crippen LogP contribution is 2.35. The highest BCUT2D eigenvalue weighted by molar-refractivity contribution is 5.95. The molecule has 1 heterocycles. The van der Waals surface area contributed by atoms with E-state index in [1.807, 2.05) is 6.92 Å². The standard InChI is InChI=1S/C15H19F3N2O/c1-10-5-3-4-8-20(10)14(21)11-6-7-13(19-2)12(9-11)15(16,17)18/h6-7,9-10,19H,3-5,8H2,1-2H3. The SMILES string of the molecule is CNc1ccc(C(=O)N2CCCCC2C)cc1C(F)(F)F. The van der Waals surface area contributed by atoms with Crippen molar-refractivity contribution < 1.29 is 18.0 Å². The van der Waals surface area contributed by atoms with E-state index >= 15 is 0 Å². The van der Waals surface area contributed by atoms with Crippen molar-refractivity contribution in [2.45, 2.75) is 38.4 Å². The van der Waals surface area contributed by atoms with Crippen LogP contribution in [-0.2, 0) is 6.18 Å². The molecule has 0 spiro atoms. The van der Waals surface area contributed by atoms with E-state index in [1.54, 1.807) is 4.90 Å². The average molecular weight is 300 g/mol. The predicted molar refractivity (Wildman–Crippen MR) is 75.3 cm³/mol. The molecule has 0 aromatic heterocycles. The summed E-state index contributed by atoms with van der Waals surface area (Å²) in [4.78, 5) is 14.1. The van der Waals surface area contributed by atoms with Crippen LogP contribution in [0.3, 0.4) is 0 Å². The summed E-state index contributed by atoms with van der Waals surface area (Å²) in [7, 11) is 1.43. The molecule has 1 aromatic rings. The second kappa shape index (κ2) is 5.95. The van der Waals surface area contributed by atoms with Crippen LogP contribution in [0.5, 0.6) is 0 Å². The van der Waals surface area contributed by atoms with Crippen LogP contribution >= 0.6 is 0 Å². The van der Waals surface area contributed by atoms with Gasteiger partial charge in [0, 0.05) is 30.9 Å². The molecule has 1 atom stereocenters. The Kier molecular flexibility index (Phi) is 4.44. The van der Waals surface area contributed by atoms with Gasteiger partial charge in [-0.15, -0.1) is 0 Å². The maximum absolute atomic E-state index is 13.0. The third-order valence-corrected chi connectivity index (χ3v) is 3.91. The molecular weight excluding hydrogens is 281 g/mol. The Morgan fingerprint density at radius 2 is 2.05 bits per heavy atom. The molecule has 2 rings (SSSR count). The fourth-order valence-electron chi connectivity index (χ4n) is 2.70. The van der Waals surface area contributed by atoms with Gasteiger partial charge in [0.1, 0.15) is 0 Å². The highest BCUT2D eigenvalue weighted by Gasteiger charge is 2.35. The lowest BCUT2D eigenvalue weighted by Crippen LogP contribution is -2.42. The van der Waals surface area contributed by atoms with E-state index in [0.717, 1.165) is 25.3 Å². The number of rotatable bonds is 2. The number of anilines is 1. The molecule has 1 unspecified atom stereocenters. The predicted octanol–water partition coefficient (Wildman–Crippen LogP) is 3.76. The van der Waals surface area contributed by atoms with E-state index in [2.05, 4.69) is 5.32 Å². The number of nitrogens with one attached hydrogen (secondary N) is 1. The van der Waals surface area contributed by atoms with Crippen molar-refractivity contribution in [1.82, 2.24) is 4.90 Å². The van der Waals surface area contributed by atoms with Gasteiger partial charge in [0.25, 0.3) is 5.91 Å². The first-order valence-electron chi connectivity index (χ1n) is 7.04. The summed E-state index contributed by atoms with van der Waals surface area (Å²) in [6.45, 7) is 2.54. The van der Waals surface area contributed by atoms with Gasteiger partial charge < -0.3 is 10.2 Å². The summed E-state index contributed by atoms with van der Waals surface area (Å²) >= 11 is 0. The molecule has 1 amide bonds. The average Bonchev–Trinajstić information content (AvgIpc) is 2.45. The Balaban J connectivity index is 2.34. The molecule has 0 saturated carbocycles. The maximum Gasteiger partial charge on any atom is 0.418 e. The Bertz CT molecular complexity index is 528. The Labute approximate surface area is 122 Å². The second-order valence-corrected chi connectivity index (χ2v) is 5.35. The van der Waals surface area contributed by atoms with E-state index in [1.165, 1.54) is 19.2 Å². The van der Waals surface area contributed by atoms with E-state index in [4.69, 9.17) is 0 Å². The Hall–Kier alpha value is -1.72. The quantitative estimate of drug-likeness (QED) is 0.902. The summed E-state index contributed by atoms with van der Waals surface area (Å²) in [5, 5.41) is 2.51. The largest absolute Gasteiger partial charge is 0.418 e. The van der Waals surface area contributed by atoms with E-state index < -0.39 is 11.7 Å². The van der Waals surface area contributed by atoms with Crippen LogP contribution in [0, 0.1) is 0 Å². The molecule has 0 radical (unpaired) electrons. The minimum Gasteiger partial charge on any atom is -0.388 e. The molecule has 6 heteroatoms. The molecule has 0 bridgehead atoms. The Morgan fingerprint density at radius 1 is 1.33 bits per heavy atom. The molecule has 1 saturated heterocycles. The van der Waals surface area contributed by atoms with Gasteiger partial charge in [0.15, 0.2) is 0 Å². The van der Waals surface area contributed by atoms with Crippen LogP contribution in [0.1, 0.15) is 42.1 Å². The van der Waals surface area contributed by atoms with Crippen molar-refractivity contribution in [3.63, 3.8) is 0 Å². The third-order valence-electron chi connectivity index (χ3n) is 3.91. The molecule has 1 fully saturated rings. The smallest absolute Gasteiger partial charge is 0.388 e. The zero-order valence-electron chi connectivity index (χ0n) is 12.1. The number of amides is 1. The van der Waals surface area contributed by atoms with Crippen LogP contribution < -0.4 is 5.32 Å². The topological polar surface area (TPSA) is 32.3 Å². The summed E-state index contributed by atoms with van der Waals surface area (Å²) in [5.74, 6) is -0.324. The maximum atomic E-state index is 13.0. The summed E-state index contributed by atoms with van der Waals surface area (Å²) in [6, 6.07) is 3.77. The lowest BCUT2D eigenvalue weighted by atomic mass is 10.0. The fourth-order valence-corrected chi connectivity index (χ4v) is 2.70. The number of carbonyl (C=O) groups is 1. The first kappa shape index (κ1) is 15.7. The van der Waals surface area contributed by atoms with Crippen LogP contribution in [0.2, 0.25) is 0 Å². The number of alkyl halides is 3. The van der Waals surface area contributed by atoms with Crippen LogP contribution in [0.4, 0.5) is 18.9 Å². The monoisotopic (exact) mass is 300 g/mol. The third kappa shape index (κ3) is 3.31. The molecule has 0 aliphatic carbocycles. The molecule has 1 aromatic carbocycles. The highest BCUT2D eigenvalue weighted by atomic mass is 19.4. The van der Waals surface area contributed by atoms with Crippen LogP contribution in [0.25, 0.3) is 0 Å². The van der Waals surface area contributed by atoms with Crippen molar-refractivity contribution in [2.75, 3.05) is 18.9 Å². The number of likely N-dealkylation sites (tertiary alicyclic amines) is 1. The summed E-state index contributed by atoms with van der Waals surface area (Å²) < 4.78 is 39.1. The van der Waals surface area contributed by atoms with Gasteiger partial charge in [-0.25, -0.2) is 0 Å². The van der Waals surface area contributed by atoms with Crippen molar-refractivity contribution >= 4 is 11.6 Å². The Morgan fingerprint density at radius 3 is 2.62 bits per heavy atom. The van der Waals surface area contributed by atoms with Gasteiger partial charge in [-0.2, -0.15) is 13.2 Å². The van der Waals surface area contributed by atoms with Crippen molar-refractivity contribution in [2.24, 2.45) is 0 Å². The van der Waals surface area contributed by atoms with Crippen LogP contribution in [-0.4, -0.2) is 30.4 Å². The molecule has 116 valence electrons. The van der Waals surface area contributed by atoms with E-state index in [9.17, 15) is 18.0 Å². The van der Waals surface area contributed by atoms with Crippen molar-refractivity contribution in [3.05, 3.63) is 29.3 Å². The number of carbonyl (C=O) groups excluding carboxylic acids is 1. The molecule has 1 aliphatic heterocycles. The normalized spacial score (nSPS) is 19.5. The van der Waals surface area contributed by atoms with Gasteiger partial charge >= 0.3 is 6.18 Å². The summed E-state index contributed by atoms with van der Waals surface area (Å²) in [6.07, 6.45) is -1.64. The van der Waals surface area contributed by atoms with E-state index in [0.29, 0.717) is 6.54 Å². The molecule has 1 aliphatic rings. The van der Waals surface area contributed by atoms with Crippen molar-refractivity contribution in [3.8, 4) is 0 Å². The number of hydrogen-bond acceptors (Lipinski definition) is 2. The zero-order valence-corrected chi connectivity index (χ0v) is 12.1. The first-order chi connectivity index (χ1) is 9.84. The van der Waals surface area contributed by atoms with E-state index in [-0.39, 0.29) is 23.2 Å². The first-order valence-corrected chi connectivity index (χ1v) is 7.04. The number of piperidine rings is 1. The summed E-state index contributed by atoms with van der Waals surface area (Å²) in [5.41, 5.74) is -0.735. The fraction of sp³-hybridized carbons (Fsp3) is 0.533. The van der Waals surface area contributed by atoms with Gasteiger partial charge in [-0.1, -0.05) is 0 Å². The van der Waals surface area contributed by atoms with Gasteiger partial charge in [-0.3, -0.25) is 4.79 Å². The number of nitrogens with zero attached hydrogens (tertiary/aromatic N) is 1. The van der Waals surface area contributed by atoms with Gasteiger partial charge in [-0.05, 0) is 44.4 Å². The second-order valence-electron chi connectivity index (χ2n) is 5.35. The molecule has 1 N–H and O–H groups in total. The minimum absolute atomic E-state index is 0.0225. The lowest BCUT2D eigenvalue weighted by Gasteiger charge is -2.33. The molecule has 3 nitrogen and oxygen atoms in total. The van der Waals surface area contributed by atoms with Gasteiger partial charge in [0.2, 0.25) is 0 Å². The molecular formula is C15H19F3N2O. The number of halogens is 3. The number of benzene rings is 1. The lowest BCUT2D eigenvalue weighted by molar-refractivity contribution is -0.136. The number of hydrogen-bond donors (Lipinski definition) is 1. The minimum atomic E-state index is -4.48. The zero-order chi connectivity index (χ0) is 15.6. The molecule has 21 heavy (non-hydrogen) atoms. The van der Waals surface area contributed by atoms with Crippen molar-refractivity contribution in [1.29, 1.82) is 0 Å². The van der Waals surface area contributed by atoms with Gasteiger partial charge in [0.05, 0.1) is 5.56 Å². The van der Waals surface area contributed by atoms with Crippen LogP contribution in [0.15, 0.2) is 18.2 Å².